The van der Waals surface area contributed by atoms with E-state index in [4.69, 9.17) is 32.9 Å². The van der Waals surface area contributed by atoms with E-state index in [0.717, 1.165) is 33.7 Å². The number of nitrogens with zero attached hydrogens (tertiary/aromatic N) is 4. The van der Waals surface area contributed by atoms with E-state index in [0.29, 0.717) is 21.4 Å². The zero-order valence-corrected chi connectivity index (χ0v) is 18.7. The molecule has 0 fully saturated rings. The molecule has 0 aliphatic rings. The average Bonchev–Trinajstić information content (AvgIpc) is 3.29. The Morgan fingerprint density at radius 2 is 1.75 bits per heavy atom. The van der Waals surface area contributed by atoms with Crippen LogP contribution >= 0.6 is 23.2 Å². The van der Waals surface area contributed by atoms with Crippen LogP contribution in [0.2, 0.25) is 10.0 Å². The Hall–Kier alpha value is -3.41. The Morgan fingerprint density at radius 1 is 0.969 bits per heavy atom. The third kappa shape index (κ3) is 3.81. The minimum absolute atomic E-state index is 0.213. The summed E-state index contributed by atoms with van der Waals surface area (Å²) in [4.78, 5) is 13.4. The van der Waals surface area contributed by atoms with Crippen molar-refractivity contribution in [3.8, 4) is 22.8 Å². The molecule has 0 unspecified atom stereocenters. The third-order valence-corrected chi connectivity index (χ3v) is 5.82. The fraction of sp³-hybridized carbons (Fsp3) is 0.0800. The number of pyridine rings is 2. The monoisotopic (exact) mass is 460 g/mol. The van der Waals surface area contributed by atoms with E-state index in [1.807, 2.05) is 61.7 Å². The lowest BCUT2D eigenvalue weighted by molar-refractivity contribution is 0.309. The van der Waals surface area contributed by atoms with Gasteiger partial charge in [0.2, 0.25) is 0 Å². The largest absolute Gasteiger partial charge is 0.487 e. The maximum Gasteiger partial charge on any atom is 0.146 e. The highest BCUT2D eigenvalue weighted by Crippen LogP contribution is 2.33. The minimum Gasteiger partial charge on any atom is -0.487 e. The zero-order chi connectivity index (χ0) is 22.1. The summed E-state index contributed by atoms with van der Waals surface area (Å²) in [5.74, 6) is 1.51. The molecule has 158 valence electrons. The van der Waals surface area contributed by atoms with Crippen LogP contribution in [0.4, 0.5) is 0 Å². The van der Waals surface area contributed by atoms with Gasteiger partial charge in [0.15, 0.2) is 0 Å². The Labute approximate surface area is 195 Å². The zero-order valence-electron chi connectivity index (χ0n) is 17.2. The standard InChI is InChI=1S/C25H18Cl2N4O/c1-16-12-22(31-11-10-29-25(31)17-6-3-2-4-7-17)18-8-5-9-23(24(18)30-16)32-15-19-20(26)13-28-14-21(19)27/h2-14H,15H2,1H3. The van der Waals surface area contributed by atoms with Gasteiger partial charge in [0.25, 0.3) is 0 Å². The minimum atomic E-state index is 0.213. The first-order chi connectivity index (χ1) is 15.6. The molecule has 0 saturated carbocycles. The highest BCUT2D eigenvalue weighted by Gasteiger charge is 2.15. The molecule has 3 aromatic heterocycles. The van der Waals surface area contributed by atoms with E-state index in [1.54, 1.807) is 18.6 Å². The molecule has 0 saturated heterocycles. The van der Waals surface area contributed by atoms with Crippen molar-refractivity contribution in [2.75, 3.05) is 0 Å². The fourth-order valence-electron chi connectivity index (χ4n) is 3.67. The summed E-state index contributed by atoms with van der Waals surface area (Å²) in [6.07, 6.45) is 6.87. The number of hydrogen-bond donors (Lipinski definition) is 0. The van der Waals surface area contributed by atoms with E-state index in [1.165, 1.54) is 0 Å². The molecule has 0 aliphatic heterocycles. The number of aryl methyl sites for hydroxylation is 1. The van der Waals surface area contributed by atoms with Crippen LogP contribution in [0.1, 0.15) is 11.3 Å². The molecular formula is C25H18Cl2N4O. The van der Waals surface area contributed by atoms with Crippen molar-refractivity contribution in [2.45, 2.75) is 13.5 Å². The predicted octanol–water partition coefficient (Wildman–Crippen LogP) is 6.68. The van der Waals surface area contributed by atoms with Crippen molar-refractivity contribution < 1.29 is 4.74 Å². The summed E-state index contributed by atoms with van der Waals surface area (Å²) in [6, 6.07) is 18.0. The van der Waals surface area contributed by atoms with Gasteiger partial charge in [-0.25, -0.2) is 9.97 Å². The van der Waals surface area contributed by atoms with Gasteiger partial charge in [-0.3, -0.25) is 9.55 Å². The SMILES string of the molecule is Cc1cc(-n2ccnc2-c2ccccc2)c2cccc(OCc3c(Cl)cncc3Cl)c2n1. The summed E-state index contributed by atoms with van der Waals surface area (Å²) in [5.41, 5.74) is 4.34. The molecule has 0 radical (unpaired) electrons. The van der Waals surface area contributed by atoms with E-state index in [2.05, 4.69) is 20.6 Å². The van der Waals surface area contributed by atoms with Gasteiger partial charge in [0, 0.05) is 47.0 Å². The van der Waals surface area contributed by atoms with Crippen molar-refractivity contribution >= 4 is 34.1 Å². The van der Waals surface area contributed by atoms with Gasteiger partial charge < -0.3 is 4.74 Å². The Kier molecular flexibility index (Phi) is 5.52. The second-order valence-corrected chi connectivity index (χ2v) is 8.11. The van der Waals surface area contributed by atoms with Crippen LogP contribution in [0, 0.1) is 6.92 Å². The Morgan fingerprint density at radius 3 is 2.53 bits per heavy atom. The maximum atomic E-state index is 6.25. The fourth-order valence-corrected chi connectivity index (χ4v) is 4.14. The summed E-state index contributed by atoms with van der Waals surface area (Å²) in [7, 11) is 0. The number of hydrogen-bond acceptors (Lipinski definition) is 4. The summed E-state index contributed by atoms with van der Waals surface area (Å²) in [5, 5.41) is 1.89. The lowest BCUT2D eigenvalue weighted by Gasteiger charge is -2.15. The molecule has 5 rings (SSSR count). The molecule has 3 heterocycles. The van der Waals surface area contributed by atoms with E-state index < -0.39 is 0 Å². The van der Waals surface area contributed by atoms with Crippen molar-refractivity contribution in [1.29, 1.82) is 0 Å². The number of ether oxygens (including phenoxy) is 1. The van der Waals surface area contributed by atoms with E-state index >= 15 is 0 Å². The van der Waals surface area contributed by atoms with Crippen molar-refractivity contribution in [2.24, 2.45) is 0 Å². The number of halogens is 2. The third-order valence-electron chi connectivity index (χ3n) is 5.17. The highest BCUT2D eigenvalue weighted by molar-refractivity contribution is 6.35. The first kappa shape index (κ1) is 20.5. The lowest BCUT2D eigenvalue weighted by atomic mass is 10.1. The molecule has 5 nitrogen and oxygen atoms in total. The molecule has 0 aliphatic carbocycles. The maximum absolute atomic E-state index is 6.25. The smallest absolute Gasteiger partial charge is 0.146 e. The van der Waals surface area contributed by atoms with Gasteiger partial charge in [0.05, 0.1) is 15.7 Å². The number of fused-ring (bicyclic) bond motifs is 1. The second kappa shape index (κ2) is 8.61. The van der Waals surface area contributed by atoms with Gasteiger partial charge in [-0.05, 0) is 19.1 Å². The molecule has 0 spiro atoms. The van der Waals surface area contributed by atoms with Gasteiger partial charge in [-0.2, -0.15) is 0 Å². The molecule has 32 heavy (non-hydrogen) atoms. The molecule has 7 heteroatoms. The number of para-hydroxylation sites is 1. The van der Waals surface area contributed by atoms with Gasteiger partial charge in [-0.1, -0.05) is 65.7 Å². The van der Waals surface area contributed by atoms with Crippen LogP contribution in [0.5, 0.6) is 5.75 Å². The first-order valence-electron chi connectivity index (χ1n) is 10.0. The van der Waals surface area contributed by atoms with Crippen molar-refractivity contribution in [1.82, 2.24) is 19.5 Å². The quantitative estimate of drug-likeness (QED) is 0.293. The van der Waals surface area contributed by atoms with Gasteiger partial charge in [0.1, 0.15) is 23.7 Å². The normalized spacial score (nSPS) is 11.1. The van der Waals surface area contributed by atoms with Crippen LogP contribution in [0.15, 0.2) is 79.4 Å². The summed E-state index contributed by atoms with van der Waals surface area (Å²) >= 11 is 12.5. The Balaban J connectivity index is 1.60. The van der Waals surface area contributed by atoms with Crippen LogP contribution in [0.3, 0.4) is 0 Å². The first-order valence-corrected chi connectivity index (χ1v) is 10.8. The van der Waals surface area contributed by atoms with Crippen LogP contribution in [-0.2, 0) is 6.61 Å². The molecular weight excluding hydrogens is 443 g/mol. The van der Waals surface area contributed by atoms with Crippen LogP contribution in [-0.4, -0.2) is 19.5 Å². The lowest BCUT2D eigenvalue weighted by Crippen LogP contribution is -2.02. The molecule has 2 aromatic carbocycles. The number of benzene rings is 2. The number of imidazole rings is 1. The topological polar surface area (TPSA) is 52.8 Å². The second-order valence-electron chi connectivity index (χ2n) is 7.29. The van der Waals surface area contributed by atoms with Crippen LogP contribution < -0.4 is 4.74 Å². The van der Waals surface area contributed by atoms with Crippen molar-refractivity contribution in [3.05, 3.63) is 101 Å². The van der Waals surface area contributed by atoms with Crippen molar-refractivity contribution in [3.63, 3.8) is 0 Å². The van der Waals surface area contributed by atoms with Gasteiger partial charge >= 0.3 is 0 Å². The molecule has 5 aromatic rings. The molecule has 0 amide bonds. The summed E-state index contributed by atoms with van der Waals surface area (Å²) in [6.45, 7) is 2.18. The predicted molar refractivity (Wildman–Crippen MR) is 128 cm³/mol. The molecule has 0 N–H and O–H groups in total. The average molecular weight is 461 g/mol. The molecule has 0 atom stereocenters. The number of rotatable bonds is 5. The highest BCUT2D eigenvalue weighted by atomic mass is 35.5. The Bertz CT molecular complexity index is 1400. The van der Waals surface area contributed by atoms with Gasteiger partial charge in [-0.15, -0.1) is 0 Å². The van der Waals surface area contributed by atoms with E-state index in [9.17, 15) is 0 Å². The van der Waals surface area contributed by atoms with Crippen LogP contribution in [0.25, 0.3) is 28.0 Å². The molecule has 0 bridgehead atoms. The summed E-state index contributed by atoms with van der Waals surface area (Å²) < 4.78 is 8.20. The van der Waals surface area contributed by atoms with E-state index in [-0.39, 0.29) is 6.61 Å². The number of aromatic nitrogens is 4.